The third-order valence-corrected chi connectivity index (χ3v) is 7.17. The lowest BCUT2D eigenvalue weighted by Crippen LogP contribution is -2.48. The molecular weight excluding hydrogens is 394 g/mol. The average molecular weight is 419 g/mol. The molecule has 0 saturated carbocycles. The quantitative estimate of drug-likeness (QED) is 0.710. The molecule has 6 rings (SSSR count). The van der Waals surface area contributed by atoms with Gasteiger partial charge in [-0.25, -0.2) is 0 Å². The molecule has 2 fully saturated rings. The molecule has 4 aliphatic rings. The van der Waals surface area contributed by atoms with Crippen LogP contribution in [0.3, 0.4) is 0 Å². The highest BCUT2D eigenvalue weighted by Gasteiger charge is 2.67. The van der Waals surface area contributed by atoms with Crippen molar-refractivity contribution in [1.82, 2.24) is 14.4 Å². The van der Waals surface area contributed by atoms with Crippen LogP contribution in [0.25, 0.3) is 0 Å². The van der Waals surface area contributed by atoms with Gasteiger partial charge in [0.1, 0.15) is 11.4 Å². The number of aromatic nitrogens is 1. The minimum absolute atomic E-state index is 0.00778. The lowest BCUT2D eigenvalue weighted by molar-refractivity contribution is -0.144. The predicted octanol–water partition coefficient (Wildman–Crippen LogP) is 1.82. The number of hydrogen-bond acceptors (Lipinski definition) is 4. The topological polar surface area (TPSA) is 64.0 Å². The second-order valence-corrected chi connectivity index (χ2v) is 8.90. The van der Waals surface area contributed by atoms with Gasteiger partial charge in [0.15, 0.2) is 0 Å². The van der Waals surface area contributed by atoms with E-state index in [0.29, 0.717) is 26.2 Å². The van der Waals surface area contributed by atoms with E-state index in [1.807, 2.05) is 58.5 Å². The zero-order valence-corrected chi connectivity index (χ0v) is 17.4. The first kappa shape index (κ1) is 18.7. The van der Waals surface area contributed by atoms with Gasteiger partial charge in [-0.3, -0.25) is 9.59 Å². The molecule has 1 spiro atoms. The number of fused-ring (bicyclic) bond motifs is 2. The Hall–Kier alpha value is -3.06. The van der Waals surface area contributed by atoms with E-state index in [0.717, 1.165) is 23.6 Å². The summed E-state index contributed by atoms with van der Waals surface area (Å²) in [5, 5.41) is 0. The van der Waals surface area contributed by atoms with Crippen LogP contribution in [0.5, 0.6) is 5.75 Å². The average Bonchev–Trinajstić information content (AvgIpc) is 3.54. The summed E-state index contributed by atoms with van der Waals surface area (Å²) in [6.45, 7) is 2.99. The van der Waals surface area contributed by atoms with Crippen molar-refractivity contribution in [2.24, 2.45) is 11.8 Å². The molecule has 0 radical (unpaired) electrons. The lowest BCUT2D eigenvalue weighted by Gasteiger charge is -2.33. The number of likely N-dealkylation sites (tertiary alicyclic amines) is 1. The molecule has 7 nitrogen and oxygen atoms in total. The molecule has 0 N–H and O–H groups in total. The molecular formula is C24H25N3O4. The van der Waals surface area contributed by atoms with Crippen molar-refractivity contribution >= 4 is 11.8 Å². The van der Waals surface area contributed by atoms with E-state index in [1.165, 1.54) is 0 Å². The molecule has 160 valence electrons. The third kappa shape index (κ3) is 2.76. The molecule has 5 heterocycles. The molecule has 2 aromatic rings. The summed E-state index contributed by atoms with van der Waals surface area (Å²) in [5.74, 6) is -0.0928. The van der Waals surface area contributed by atoms with Crippen LogP contribution in [-0.2, 0) is 34.0 Å². The number of carbonyl (C=O) groups is 2. The Morgan fingerprint density at radius 1 is 1.26 bits per heavy atom. The van der Waals surface area contributed by atoms with Gasteiger partial charge in [0.25, 0.3) is 0 Å². The molecule has 4 atom stereocenters. The molecule has 31 heavy (non-hydrogen) atoms. The van der Waals surface area contributed by atoms with Crippen molar-refractivity contribution in [3.63, 3.8) is 0 Å². The van der Waals surface area contributed by atoms with Crippen LogP contribution in [0.2, 0.25) is 0 Å². The number of benzene rings is 1. The standard InChI is InChI=1S/C24H25N3O4/c1-30-18-6-2-4-16(12-18)13-27-15-24-8-7-19(31-24)20(21(24)23(27)29)22(28)26-11-10-25-9-3-5-17(25)14-26/h2-9,12,19-21H,10-11,13-15H2,1H3/t19-,20-,21+,24-/m0/s1. The van der Waals surface area contributed by atoms with E-state index < -0.39 is 17.4 Å². The van der Waals surface area contributed by atoms with Gasteiger partial charge in [0.2, 0.25) is 11.8 Å². The minimum atomic E-state index is -0.684. The molecule has 0 aliphatic carbocycles. The Morgan fingerprint density at radius 2 is 2.16 bits per heavy atom. The van der Waals surface area contributed by atoms with E-state index >= 15 is 0 Å². The highest BCUT2D eigenvalue weighted by molar-refractivity contribution is 5.93. The maximum atomic E-state index is 13.6. The van der Waals surface area contributed by atoms with Crippen molar-refractivity contribution < 1.29 is 19.1 Å². The SMILES string of the molecule is COc1cccc(CN2C[C@]34C=C[C@H](O3)[C@H](C(=O)N3CCn5cccc5C3)[C@@H]4C2=O)c1. The zero-order chi connectivity index (χ0) is 21.2. The van der Waals surface area contributed by atoms with Gasteiger partial charge in [-0.1, -0.05) is 24.3 Å². The Kier molecular flexibility index (Phi) is 4.05. The summed E-state index contributed by atoms with van der Waals surface area (Å²) in [5.41, 5.74) is 1.45. The van der Waals surface area contributed by atoms with Crippen molar-refractivity contribution in [1.29, 1.82) is 0 Å². The molecule has 2 bridgehead atoms. The first-order chi connectivity index (χ1) is 15.1. The second kappa shape index (κ2) is 6.72. The van der Waals surface area contributed by atoms with Crippen molar-refractivity contribution in [3.05, 3.63) is 66.0 Å². The van der Waals surface area contributed by atoms with Crippen LogP contribution in [0, 0.1) is 11.8 Å². The number of methoxy groups -OCH3 is 1. The zero-order valence-electron chi connectivity index (χ0n) is 17.4. The molecule has 1 aromatic heterocycles. The number of carbonyl (C=O) groups excluding carboxylic acids is 2. The smallest absolute Gasteiger partial charge is 0.230 e. The van der Waals surface area contributed by atoms with Crippen LogP contribution in [0.4, 0.5) is 0 Å². The van der Waals surface area contributed by atoms with Crippen LogP contribution >= 0.6 is 0 Å². The number of hydrogen-bond donors (Lipinski definition) is 0. The summed E-state index contributed by atoms with van der Waals surface area (Å²) in [7, 11) is 1.63. The van der Waals surface area contributed by atoms with Crippen molar-refractivity contribution in [3.8, 4) is 5.75 Å². The third-order valence-electron chi connectivity index (χ3n) is 7.17. The lowest BCUT2D eigenvalue weighted by atomic mass is 9.76. The fourth-order valence-electron chi connectivity index (χ4n) is 5.70. The summed E-state index contributed by atoms with van der Waals surface area (Å²) >= 11 is 0. The molecule has 4 aliphatic heterocycles. The Labute approximate surface area is 180 Å². The Balaban J connectivity index is 1.24. The maximum absolute atomic E-state index is 13.6. The Bertz CT molecular complexity index is 1090. The van der Waals surface area contributed by atoms with Gasteiger partial charge in [0, 0.05) is 31.5 Å². The van der Waals surface area contributed by atoms with E-state index in [-0.39, 0.29) is 17.9 Å². The summed E-state index contributed by atoms with van der Waals surface area (Å²) in [6, 6.07) is 11.8. The Morgan fingerprint density at radius 3 is 3.03 bits per heavy atom. The van der Waals surface area contributed by atoms with Gasteiger partial charge in [-0.2, -0.15) is 0 Å². The van der Waals surface area contributed by atoms with Crippen LogP contribution in [0.1, 0.15) is 11.3 Å². The number of ether oxygens (including phenoxy) is 2. The highest BCUT2D eigenvalue weighted by Crippen LogP contribution is 2.52. The van der Waals surface area contributed by atoms with Crippen LogP contribution < -0.4 is 4.74 Å². The van der Waals surface area contributed by atoms with Crippen LogP contribution in [-0.4, -0.2) is 58.1 Å². The fourth-order valence-corrected chi connectivity index (χ4v) is 5.70. The maximum Gasteiger partial charge on any atom is 0.230 e. The second-order valence-electron chi connectivity index (χ2n) is 8.90. The minimum Gasteiger partial charge on any atom is -0.497 e. The monoisotopic (exact) mass is 419 g/mol. The molecule has 2 amide bonds. The number of amides is 2. The van der Waals surface area contributed by atoms with E-state index in [4.69, 9.17) is 9.47 Å². The summed E-state index contributed by atoms with van der Waals surface area (Å²) in [4.78, 5) is 30.8. The largest absolute Gasteiger partial charge is 0.497 e. The van der Waals surface area contributed by atoms with Gasteiger partial charge in [0.05, 0.1) is 38.1 Å². The van der Waals surface area contributed by atoms with E-state index in [2.05, 4.69) is 10.6 Å². The first-order valence-corrected chi connectivity index (χ1v) is 10.8. The molecule has 1 aromatic carbocycles. The summed E-state index contributed by atoms with van der Waals surface area (Å²) < 4.78 is 13.8. The number of nitrogens with zero attached hydrogens (tertiary/aromatic N) is 3. The van der Waals surface area contributed by atoms with Crippen molar-refractivity contribution in [2.45, 2.75) is 31.3 Å². The molecule has 7 heteroatoms. The predicted molar refractivity (Wildman–Crippen MR) is 112 cm³/mol. The first-order valence-electron chi connectivity index (χ1n) is 10.8. The van der Waals surface area contributed by atoms with Crippen molar-refractivity contribution in [2.75, 3.05) is 20.2 Å². The van der Waals surface area contributed by atoms with Gasteiger partial charge >= 0.3 is 0 Å². The van der Waals surface area contributed by atoms with Gasteiger partial charge in [-0.15, -0.1) is 0 Å². The van der Waals surface area contributed by atoms with E-state index in [1.54, 1.807) is 7.11 Å². The van der Waals surface area contributed by atoms with Gasteiger partial charge < -0.3 is 23.8 Å². The summed E-state index contributed by atoms with van der Waals surface area (Å²) in [6.07, 6.45) is 5.73. The molecule has 2 saturated heterocycles. The molecule has 0 unspecified atom stereocenters. The van der Waals surface area contributed by atoms with E-state index in [9.17, 15) is 9.59 Å². The van der Waals surface area contributed by atoms with Crippen LogP contribution in [0.15, 0.2) is 54.7 Å². The fraction of sp³-hybridized carbons (Fsp3) is 0.417. The van der Waals surface area contributed by atoms with Gasteiger partial charge in [-0.05, 0) is 29.8 Å². The normalized spacial score (nSPS) is 30.6. The number of rotatable bonds is 4. The highest BCUT2D eigenvalue weighted by atomic mass is 16.5.